The molecule has 0 aromatic carbocycles. The van der Waals surface area contributed by atoms with Crippen molar-refractivity contribution in [2.75, 3.05) is 7.11 Å². The molecule has 68 valence electrons. The SMILES string of the molecule is COC(O)c1nc(Br)sc1CBr. The van der Waals surface area contributed by atoms with E-state index in [0.29, 0.717) is 11.0 Å². The van der Waals surface area contributed by atoms with Crippen molar-refractivity contribution in [2.45, 2.75) is 11.6 Å². The lowest BCUT2D eigenvalue weighted by Crippen LogP contribution is -2.01. The molecule has 0 amide bonds. The van der Waals surface area contributed by atoms with Gasteiger partial charge in [0, 0.05) is 17.3 Å². The Morgan fingerprint density at radius 2 is 2.42 bits per heavy atom. The molecule has 0 radical (unpaired) electrons. The summed E-state index contributed by atoms with van der Waals surface area (Å²) in [6.45, 7) is 0. The van der Waals surface area contributed by atoms with E-state index in [1.807, 2.05) is 0 Å². The number of alkyl halides is 1. The number of hydrogen-bond donors (Lipinski definition) is 1. The molecule has 1 heterocycles. The largest absolute Gasteiger partial charge is 0.363 e. The zero-order valence-electron chi connectivity index (χ0n) is 6.25. The molecule has 1 rings (SSSR count). The molecule has 0 aliphatic rings. The predicted molar refractivity (Wildman–Crippen MR) is 54.4 cm³/mol. The smallest absolute Gasteiger partial charge is 0.199 e. The maximum absolute atomic E-state index is 9.33. The zero-order chi connectivity index (χ0) is 9.14. The summed E-state index contributed by atoms with van der Waals surface area (Å²) < 4.78 is 5.50. The number of aromatic nitrogens is 1. The molecule has 12 heavy (non-hydrogen) atoms. The molecule has 0 saturated heterocycles. The van der Waals surface area contributed by atoms with E-state index < -0.39 is 6.29 Å². The minimum atomic E-state index is -0.930. The fraction of sp³-hybridized carbons (Fsp3) is 0.500. The van der Waals surface area contributed by atoms with Crippen LogP contribution in [0.4, 0.5) is 0 Å². The molecular weight excluding hydrogens is 310 g/mol. The van der Waals surface area contributed by atoms with E-state index in [2.05, 4.69) is 36.8 Å². The van der Waals surface area contributed by atoms with E-state index in [9.17, 15) is 5.11 Å². The molecule has 6 heteroatoms. The van der Waals surface area contributed by atoms with Crippen LogP contribution >= 0.6 is 43.2 Å². The van der Waals surface area contributed by atoms with Gasteiger partial charge in [0.1, 0.15) is 5.69 Å². The number of nitrogens with zero attached hydrogens (tertiary/aromatic N) is 1. The highest BCUT2D eigenvalue weighted by atomic mass is 79.9. The Kier molecular flexibility index (Phi) is 4.12. The zero-order valence-corrected chi connectivity index (χ0v) is 10.2. The van der Waals surface area contributed by atoms with Gasteiger partial charge in [-0.1, -0.05) is 15.9 Å². The number of hydrogen-bond acceptors (Lipinski definition) is 4. The average molecular weight is 317 g/mol. The van der Waals surface area contributed by atoms with Gasteiger partial charge in [0.2, 0.25) is 0 Å². The van der Waals surface area contributed by atoms with Gasteiger partial charge in [0.05, 0.1) is 0 Å². The highest BCUT2D eigenvalue weighted by Gasteiger charge is 2.16. The van der Waals surface area contributed by atoms with Crippen LogP contribution in [-0.4, -0.2) is 17.2 Å². The summed E-state index contributed by atoms with van der Waals surface area (Å²) in [7, 11) is 1.44. The van der Waals surface area contributed by atoms with Gasteiger partial charge in [-0.05, 0) is 15.9 Å². The maximum atomic E-state index is 9.33. The first kappa shape index (κ1) is 10.6. The second-order valence-electron chi connectivity index (χ2n) is 2.00. The number of aliphatic hydroxyl groups excluding tert-OH is 1. The lowest BCUT2D eigenvalue weighted by atomic mass is 10.4. The molecule has 1 aromatic rings. The van der Waals surface area contributed by atoms with Gasteiger partial charge in [-0.25, -0.2) is 4.98 Å². The number of methoxy groups -OCH3 is 1. The molecule has 1 atom stereocenters. The summed E-state index contributed by atoms with van der Waals surface area (Å²) in [4.78, 5) is 5.05. The minimum absolute atomic E-state index is 0.575. The summed E-state index contributed by atoms with van der Waals surface area (Å²) in [5.74, 6) is 0. The molecule has 3 nitrogen and oxygen atoms in total. The summed E-state index contributed by atoms with van der Waals surface area (Å²) in [5, 5.41) is 10.0. The van der Waals surface area contributed by atoms with E-state index in [1.54, 1.807) is 0 Å². The Bertz CT molecular complexity index is 266. The lowest BCUT2D eigenvalue weighted by molar-refractivity contribution is -0.0799. The highest BCUT2D eigenvalue weighted by molar-refractivity contribution is 9.11. The van der Waals surface area contributed by atoms with Crippen molar-refractivity contribution >= 4 is 43.2 Å². The quantitative estimate of drug-likeness (QED) is 0.688. The van der Waals surface area contributed by atoms with Crippen molar-refractivity contribution < 1.29 is 9.84 Å². The first-order valence-electron chi connectivity index (χ1n) is 3.11. The molecule has 1 N–H and O–H groups in total. The lowest BCUT2D eigenvalue weighted by Gasteiger charge is -2.05. The molecule has 1 aromatic heterocycles. The predicted octanol–water partition coefficient (Wildman–Crippen LogP) is 2.44. The summed E-state index contributed by atoms with van der Waals surface area (Å²) in [6.07, 6.45) is -0.930. The fourth-order valence-corrected chi connectivity index (χ4v) is 2.79. The topological polar surface area (TPSA) is 42.4 Å². The van der Waals surface area contributed by atoms with Crippen molar-refractivity contribution in [3.8, 4) is 0 Å². The first-order valence-corrected chi connectivity index (χ1v) is 5.84. The van der Waals surface area contributed by atoms with Gasteiger partial charge < -0.3 is 9.84 Å². The molecule has 0 aliphatic heterocycles. The van der Waals surface area contributed by atoms with E-state index in [0.717, 1.165) is 8.79 Å². The van der Waals surface area contributed by atoms with Crippen molar-refractivity contribution in [1.82, 2.24) is 4.98 Å². The Hall–Kier alpha value is 0.510. The first-order chi connectivity index (χ1) is 5.69. The molecule has 0 saturated carbocycles. The monoisotopic (exact) mass is 315 g/mol. The summed E-state index contributed by atoms with van der Waals surface area (Å²) in [6, 6.07) is 0. The molecule has 0 fully saturated rings. The number of rotatable bonds is 3. The Morgan fingerprint density at radius 1 is 1.75 bits per heavy atom. The Balaban J connectivity index is 2.96. The third kappa shape index (κ3) is 2.26. The third-order valence-corrected chi connectivity index (χ3v) is 3.73. The number of halogens is 2. The van der Waals surface area contributed by atoms with Gasteiger partial charge in [0.15, 0.2) is 10.2 Å². The molecule has 0 bridgehead atoms. The minimum Gasteiger partial charge on any atom is -0.363 e. The molecule has 1 unspecified atom stereocenters. The normalized spacial score (nSPS) is 13.3. The van der Waals surface area contributed by atoms with Gasteiger partial charge in [0.25, 0.3) is 0 Å². The number of aliphatic hydroxyl groups is 1. The molecule has 0 spiro atoms. The van der Waals surface area contributed by atoms with Crippen LogP contribution in [0.2, 0.25) is 0 Å². The van der Waals surface area contributed by atoms with E-state index in [1.165, 1.54) is 18.4 Å². The maximum Gasteiger partial charge on any atom is 0.199 e. The highest BCUT2D eigenvalue weighted by Crippen LogP contribution is 2.29. The third-order valence-electron chi connectivity index (χ3n) is 1.28. The van der Waals surface area contributed by atoms with Gasteiger partial charge in [-0.3, -0.25) is 0 Å². The van der Waals surface area contributed by atoms with Crippen molar-refractivity contribution in [2.24, 2.45) is 0 Å². The molecular formula is C6H7Br2NO2S. The van der Waals surface area contributed by atoms with Crippen molar-refractivity contribution in [3.05, 3.63) is 14.5 Å². The van der Waals surface area contributed by atoms with Crippen LogP contribution in [0.3, 0.4) is 0 Å². The second kappa shape index (κ2) is 4.66. The van der Waals surface area contributed by atoms with Crippen molar-refractivity contribution in [3.63, 3.8) is 0 Å². The number of ether oxygens (including phenoxy) is 1. The van der Waals surface area contributed by atoms with Crippen LogP contribution in [-0.2, 0) is 10.1 Å². The van der Waals surface area contributed by atoms with Gasteiger partial charge >= 0.3 is 0 Å². The Labute approximate surface area is 91.0 Å². The van der Waals surface area contributed by atoms with Gasteiger partial charge in [-0.15, -0.1) is 11.3 Å². The van der Waals surface area contributed by atoms with Crippen molar-refractivity contribution in [1.29, 1.82) is 0 Å². The van der Waals surface area contributed by atoms with E-state index in [-0.39, 0.29) is 0 Å². The summed E-state index contributed by atoms with van der Waals surface area (Å²) in [5.41, 5.74) is 0.575. The second-order valence-corrected chi connectivity index (χ2v) is 4.92. The summed E-state index contributed by atoms with van der Waals surface area (Å²) >= 11 is 8.02. The fourth-order valence-electron chi connectivity index (χ4n) is 0.734. The Morgan fingerprint density at radius 3 is 2.92 bits per heavy atom. The van der Waals surface area contributed by atoms with Crippen LogP contribution < -0.4 is 0 Å². The van der Waals surface area contributed by atoms with E-state index >= 15 is 0 Å². The average Bonchev–Trinajstić information content (AvgIpc) is 2.45. The van der Waals surface area contributed by atoms with Crippen LogP contribution in [0.5, 0.6) is 0 Å². The molecule has 0 aliphatic carbocycles. The van der Waals surface area contributed by atoms with E-state index in [4.69, 9.17) is 4.74 Å². The van der Waals surface area contributed by atoms with Crippen LogP contribution in [0.1, 0.15) is 16.9 Å². The van der Waals surface area contributed by atoms with Crippen LogP contribution in [0, 0.1) is 0 Å². The van der Waals surface area contributed by atoms with Crippen LogP contribution in [0.15, 0.2) is 3.92 Å². The number of thiazole rings is 1. The van der Waals surface area contributed by atoms with Gasteiger partial charge in [-0.2, -0.15) is 0 Å². The van der Waals surface area contributed by atoms with Crippen LogP contribution in [0.25, 0.3) is 0 Å². The standard InChI is InChI=1S/C6H7Br2NO2S/c1-11-5(10)4-3(2-7)12-6(8)9-4/h5,10H,2H2,1H3.